The molecule has 2 aromatic carbocycles. The Morgan fingerprint density at radius 2 is 1.71 bits per heavy atom. The van der Waals surface area contributed by atoms with E-state index >= 15 is 0 Å². The fourth-order valence-electron chi connectivity index (χ4n) is 2.74. The first-order chi connectivity index (χ1) is 10.2. The molecule has 108 valence electrons. The average molecular weight is 297 g/mol. The minimum Gasteiger partial charge on any atom is -0.244 e. The zero-order valence-corrected chi connectivity index (χ0v) is 13.0. The van der Waals surface area contributed by atoms with E-state index in [1.165, 1.54) is 16.7 Å². The maximum absolute atomic E-state index is 13.1. The van der Waals surface area contributed by atoms with Crippen LogP contribution in [0.15, 0.2) is 69.4 Å². The Labute approximate surface area is 126 Å². The average Bonchev–Trinajstić information content (AvgIpc) is 2.55. The predicted octanol–water partition coefficient (Wildman–Crippen LogP) is 4.17. The third-order valence-corrected chi connectivity index (χ3v) is 6.28. The molecule has 1 aliphatic rings. The molecule has 0 heterocycles. The Morgan fingerprint density at radius 3 is 2.48 bits per heavy atom. The molecule has 2 aromatic rings. The summed E-state index contributed by atoms with van der Waals surface area (Å²) in [6, 6.07) is 18.0. The quantitative estimate of drug-likeness (QED) is 0.836. The molecule has 3 rings (SSSR count). The van der Waals surface area contributed by atoms with Crippen molar-refractivity contribution in [2.75, 3.05) is 12.8 Å². The van der Waals surface area contributed by atoms with Crippen LogP contribution in [-0.4, -0.2) is 17.0 Å². The number of aryl methyl sites for hydroxylation is 1. The summed E-state index contributed by atoms with van der Waals surface area (Å²) in [6.07, 6.45) is 4.18. The monoisotopic (exact) mass is 297 g/mol. The number of hydrogen-bond donors (Lipinski definition) is 0. The molecular weight excluding hydrogens is 278 g/mol. The first-order valence-corrected chi connectivity index (χ1v) is 8.85. The van der Waals surface area contributed by atoms with E-state index in [1.54, 1.807) is 7.05 Å². The summed E-state index contributed by atoms with van der Waals surface area (Å²) >= 11 is 0. The van der Waals surface area contributed by atoms with E-state index in [4.69, 9.17) is 0 Å². The summed E-state index contributed by atoms with van der Waals surface area (Å²) in [7, 11) is -0.692. The van der Waals surface area contributed by atoms with Gasteiger partial charge in [-0.15, -0.1) is 0 Å². The second-order valence-corrected chi connectivity index (χ2v) is 7.69. The van der Waals surface area contributed by atoms with Crippen LogP contribution in [0.5, 0.6) is 0 Å². The highest BCUT2D eigenvalue weighted by Crippen LogP contribution is 2.26. The van der Waals surface area contributed by atoms with Crippen LogP contribution in [0.3, 0.4) is 0 Å². The number of nitrogens with zero attached hydrogens (tertiary/aromatic N) is 1. The molecule has 0 radical (unpaired) electrons. The highest BCUT2D eigenvalue weighted by atomic mass is 32.2. The second kappa shape index (κ2) is 5.86. The number of benzene rings is 2. The van der Waals surface area contributed by atoms with Crippen LogP contribution in [0.2, 0.25) is 0 Å². The number of hydrogen-bond acceptors (Lipinski definition) is 2. The van der Waals surface area contributed by atoms with Crippen LogP contribution in [0.4, 0.5) is 0 Å². The molecule has 1 aliphatic carbocycles. The van der Waals surface area contributed by atoms with Gasteiger partial charge in [0.05, 0.1) is 15.5 Å². The van der Waals surface area contributed by atoms with Crippen molar-refractivity contribution < 1.29 is 4.21 Å². The lowest BCUT2D eigenvalue weighted by Crippen LogP contribution is -2.11. The number of fused-ring (bicyclic) bond motifs is 1. The standard InChI is InChI=1S/C18H19NOS/c1-19-21(20,18-9-3-2-4-10-18)14-15-11-12-16-7-5-6-8-17(16)13-15/h2-10,13H,11-12,14H2,1H3/t21-/m0/s1. The maximum atomic E-state index is 13.1. The van der Waals surface area contributed by atoms with Crippen molar-refractivity contribution in [3.63, 3.8) is 0 Å². The van der Waals surface area contributed by atoms with Crippen LogP contribution in [-0.2, 0) is 16.1 Å². The van der Waals surface area contributed by atoms with Gasteiger partial charge in [0.1, 0.15) is 0 Å². The third kappa shape index (κ3) is 2.93. The van der Waals surface area contributed by atoms with Crippen molar-refractivity contribution in [2.45, 2.75) is 17.7 Å². The van der Waals surface area contributed by atoms with Crippen molar-refractivity contribution >= 4 is 15.8 Å². The maximum Gasteiger partial charge on any atom is 0.0788 e. The normalized spacial score (nSPS) is 16.5. The van der Waals surface area contributed by atoms with Crippen LogP contribution in [0.1, 0.15) is 17.5 Å². The molecule has 0 aliphatic heterocycles. The zero-order chi connectivity index (χ0) is 14.7. The van der Waals surface area contributed by atoms with Crippen LogP contribution in [0, 0.1) is 0 Å². The first kappa shape index (κ1) is 14.1. The molecule has 0 saturated heterocycles. The van der Waals surface area contributed by atoms with E-state index < -0.39 is 9.73 Å². The predicted molar refractivity (Wildman–Crippen MR) is 88.8 cm³/mol. The SMILES string of the molecule is CN=[S@](=O)(CC1=Cc2ccccc2CC1)c1ccccc1. The molecule has 21 heavy (non-hydrogen) atoms. The van der Waals surface area contributed by atoms with Crippen LogP contribution in [0.25, 0.3) is 6.08 Å². The van der Waals surface area contributed by atoms with Gasteiger partial charge in [-0.3, -0.25) is 0 Å². The smallest absolute Gasteiger partial charge is 0.0788 e. The molecule has 0 N–H and O–H groups in total. The van der Waals surface area contributed by atoms with E-state index in [1.807, 2.05) is 30.3 Å². The fraction of sp³-hybridized carbons (Fsp3) is 0.222. The van der Waals surface area contributed by atoms with Crippen molar-refractivity contribution in [1.82, 2.24) is 0 Å². The van der Waals surface area contributed by atoms with Crippen molar-refractivity contribution in [2.24, 2.45) is 4.36 Å². The number of rotatable bonds is 3. The lowest BCUT2D eigenvalue weighted by molar-refractivity contribution is 0.676. The largest absolute Gasteiger partial charge is 0.244 e. The van der Waals surface area contributed by atoms with E-state index in [0.29, 0.717) is 5.75 Å². The summed E-state index contributed by atoms with van der Waals surface area (Å²) in [5, 5.41) is 0. The molecule has 0 aromatic heterocycles. The highest BCUT2D eigenvalue weighted by Gasteiger charge is 2.17. The summed E-state index contributed by atoms with van der Waals surface area (Å²) in [5.74, 6) is 0.530. The molecule has 2 nitrogen and oxygen atoms in total. The molecule has 1 atom stereocenters. The summed E-state index contributed by atoms with van der Waals surface area (Å²) in [6.45, 7) is 0. The van der Waals surface area contributed by atoms with Crippen molar-refractivity contribution in [3.05, 3.63) is 71.3 Å². The molecule has 0 amide bonds. The van der Waals surface area contributed by atoms with Gasteiger partial charge in [0.2, 0.25) is 0 Å². The Bertz CT molecular complexity index is 784. The highest BCUT2D eigenvalue weighted by molar-refractivity contribution is 7.93. The molecule has 0 bridgehead atoms. The molecule has 0 fully saturated rings. The third-order valence-electron chi connectivity index (χ3n) is 3.92. The van der Waals surface area contributed by atoms with Gasteiger partial charge < -0.3 is 0 Å². The lowest BCUT2D eigenvalue weighted by Gasteiger charge is -2.18. The molecule has 0 unspecified atom stereocenters. The summed E-state index contributed by atoms with van der Waals surface area (Å²) in [4.78, 5) is 0.826. The Hall–Kier alpha value is -1.87. The molecule has 0 spiro atoms. The first-order valence-electron chi connectivity index (χ1n) is 7.17. The van der Waals surface area contributed by atoms with Crippen molar-refractivity contribution in [1.29, 1.82) is 0 Å². The van der Waals surface area contributed by atoms with Gasteiger partial charge in [0, 0.05) is 11.9 Å². The van der Waals surface area contributed by atoms with Gasteiger partial charge >= 0.3 is 0 Å². The van der Waals surface area contributed by atoms with E-state index in [2.05, 4.69) is 34.7 Å². The van der Waals surface area contributed by atoms with Gasteiger partial charge in [-0.2, -0.15) is 0 Å². The minimum absolute atomic E-state index is 0.530. The minimum atomic E-state index is -2.35. The van der Waals surface area contributed by atoms with E-state index in [-0.39, 0.29) is 0 Å². The van der Waals surface area contributed by atoms with Gasteiger partial charge in [0.25, 0.3) is 0 Å². The topological polar surface area (TPSA) is 29.4 Å². The summed E-state index contributed by atoms with van der Waals surface area (Å²) < 4.78 is 17.4. The zero-order valence-electron chi connectivity index (χ0n) is 12.2. The van der Waals surface area contributed by atoms with Gasteiger partial charge in [-0.25, -0.2) is 8.57 Å². The molecule has 0 saturated carbocycles. The van der Waals surface area contributed by atoms with Crippen molar-refractivity contribution in [3.8, 4) is 0 Å². The van der Waals surface area contributed by atoms with Gasteiger partial charge in [-0.1, -0.05) is 54.1 Å². The Morgan fingerprint density at radius 1 is 1.00 bits per heavy atom. The van der Waals surface area contributed by atoms with Crippen LogP contribution < -0.4 is 0 Å². The Kier molecular flexibility index (Phi) is 3.93. The van der Waals surface area contributed by atoms with E-state index in [9.17, 15) is 4.21 Å². The lowest BCUT2D eigenvalue weighted by atomic mass is 9.93. The molecule has 3 heteroatoms. The molecular formula is C18H19NOS. The van der Waals surface area contributed by atoms with Gasteiger partial charge in [-0.05, 0) is 36.1 Å². The van der Waals surface area contributed by atoms with E-state index in [0.717, 1.165) is 17.7 Å². The fourth-order valence-corrected chi connectivity index (χ4v) is 4.56. The Balaban J connectivity index is 1.94. The van der Waals surface area contributed by atoms with Gasteiger partial charge in [0.15, 0.2) is 0 Å². The second-order valence-electron chi connectivity index (χ2n) is 5.28. The summed E-state index contributed by atoms with van der Waals surface area (Å²) in [5.41, 5.74) is 3.86. The van der Waals surface area contributed by atoms with Crippen LogP contribution >= 0.6 is 0 Å².